The van der Waals surface area contributed by atoms with Gasteiger partial charge in [0.2, 0.25) is 11.8 Å². The molecule has 5 atom stereocenters. The van der Waals surface area contributed by atoms with Crippen LogP contribution in [0, 0.1) is 41.2 Å². The molecule has 16 heteroatoms. The average Bonchev–Trinajstić information content (AvgIpc) is 3.94. The van der Waals surface area contributed by atoms with Crippen LogP contribution in [-0.2, 0) is 20.5 Å². The zero-order valence-corrected chi connectivity index (χ0v) is 32.7. The van der Waals surface area contributed by atoms with Crippen LogP contribution in [0.3, 0.4) is 0 Å². The van der Waals surface area contributed by atoms with Gasteiger partial charge in [0, 0.05) is 42.3 Å². The molecule has 3 aromatic carbocycles. The van der Waals surface area contributed by atoms with Crippen molar-refractivity contribution < 1.29 is 59.0 Å². The van der Waals surface area contributed by atoms with E-state index in [1.165, 1.54) is 37.4 Å². The van der Waals surface area contributed by atoms with Gasteiger partial charge in [-0.3, -0.25) is 14.4 Å². The smallest absolute Gasteiger partial charge is 0.419 e. The molecule has 1 heterocycles. The molecule has 7 rings (SSSR count). The van der Waals surface area contributed by atoms with Gasteiger partial charge in [0.15, 0.2) is 0 Å². The topological polar surface area (TPSA) is 106 Å². The summed E-state index contributed by atoms with van der Waals surface area (Å²) in [6.45, 7) is 0.596. The molecule has 0 aromatic heterocycles. The highest BCUT2D eigenvalue weighted by atomic mass is 19.4. The molecule has 1 aliphatic heterocycles. The summed E-state index contributed by atoms with van der Waals surface area (Å²) in [6.07, 6.45) is -2.97. The highest BCUT2D eigenvalue weighted by molar-refractivity contribution is 6.00. The molecule has 322 valence electrons. The van der Waals surface area contributed by atoms with Crippen LogP contribution in [0.1, 0.15) is 85.3 Å². The van der Waals surface area contributed by atoms with Gasteiger partial charge in [-0.2, -0.15) is 26.3 Å². The number of nitrogens with one attached hydrogen (secondary N) is 3. The highest BCUT2D eigenvalue weighted by Gasteiger charge is 2.55. The summed E-state index contributed by atoms with van der Waals surface area (Å²) in [4.78, 5) is 41.4. The second-order valence-electron chi connectivity index (χ2n) is 16.1. The van der Waals surface area contributed by atoms with Crippen LogP contribution in [0.25, 0.3) is 11.1 Å². The van der Waals surface area contributed by atoms with Gasteiger partial charge < -0.3 is 25.4 Å². The fraction of sp³-hybridized carbons (Fsp3) is 0.477. The third kappa shape index (κ3) is 9.48. The van der Waals surface area contributed by atoms with Crippen LogP contribution in [0.5, 0.6) is 5.75 Å². The van der Waals surface area contributed by atoms with E-state index in [9.17, 15) is 45.1 Å². The van der Waals surface area contributed by atoms with Crippen LogP contribution in [0.15, 0.2) is 66.2 Å². The maximum Gasteiger partial charge on any atom is 0.419 e. The number of benzene rings is 3. The zero-order valence-electron chi connectivity index (χ0n) is 32.7. The molecule has 3 aliphatic carbocycles. The van der Waals surface area contributed by atoms with Crippen LogP contribution in [0.4, 0.5) is 40.8 Å². The summed E-state index contributed by atoms with van der Waals surface area (Å²) in [5.74, 6) is -5.94. The standard InChI is InChI=1S/C44H45F8N3O5/c1-59-37-13-7-25(30-20-26(6-11-34(30)45)36(22-43(47,48)49)54-40(56)24-14-16-60-17-15-24)19-32(37)41(57)55-39-29-10-9-28(31(29)18-23-4-2-3-5-23)38(39)42(58)53-27-8-12-35(46)33(21-27)44(50,51)52/h6-8,11-13,18-21,23-24,28-29,36,38-39H,2-5,9-10,14-17,22H2,1H3,(H,53,58)(H,54,56)(H,55,57)/b31-18-/t28?,29?,36?,38-,39+/m0/s1. The van der Waals surface area contributed by atoms with Crippen molar-refractivity contribution in [1.82, 2.24) is 10.6 Å². The van der Waals surface area contributed by atoms with Crippen molar-refractivity contribution in [3.05, 3.63) is 94.6 Å². The molecule has 4 fully saturated rings. The summed E-state index contributed by atoms with van der Waals surface area (Å²) >= 11 is 0. The third-order valence-electron chi connectivity index (χ3n) is 12.4. The van der Waals surface area contributed by atoms with Crippen molar-refractivity contribution in [2.45, 2.75) is 82.2 Å². The first-order chi connectivity index (χ1) is 28.5. The molecular weight excluding hydrogens is 802 g/mol. The Morgan fingerprint density at radius 3 is 2.22 bits per heavy atom. The molecule has 8 nitrogen and oxygen atoms in total. The number of hydrogen-bond acceptors (Lipinski definition) is 5. The number of alkyl halides is 6. The van der Waals surface area contributed by atoms with Gasteiger partial charge in [-0.05, 0) is 104 Å². The minimum atomic E-state index is -5.01. The molecule has 60 heavy (non-hydrogen) atoms. The normalized spacial score (nSPS) is 23.4. The van der Waals surface area contributed by atoms with Gasteiger partial charge in [-0.25, -0.2) is 8.78 Å². The quantitative estimate of drug-likeness (QED) is 0.132. The first kappa shape index (κ1) is 43.1. The third-order valence-corrected chi connectivity index (χ3v) is 12.4. The van der Waals surface area contributed by atoms with Gasteiger partial charge in [-0.15, -0.1) is 0 Å². The fourth-order valence-electron chi connectivity index (χ4n) is 9.46. The summed E-state index contributed by atoms with van der Waals surface area (Å²) in [6, 6.07) is 7.36. The Morgan fingerprint density at radius 1 is 0.833 bits per heavy atom. The van der Waals surface area contributed by atoms with E-state index in [1.54, 1.807) is 0 Å². The van der Waals surface area contributed by atoms with E-state index < -0.39 is 77.6 Å². The number of methoxy groups -OCH3 is 1. The SMILES string of the molecule is COc1ccc(-c2cc(C(CC(F)(F)F)NC(=O)C3CCOCC3)ccc2F)cc1C(=O)N[C@@H]1C2CCC(/C2=C/C2CCCC2)[C@@H]1C(=O)Nc1ccc(F)c(C(F)(F)F)c1. The van der Waals surface area contributed by atoms with Gasteiger partial charge in [0.1, 0.15) is 17.4 Å². The summed E-state index contributed by atoms with van der Waals surface area (Å²) in [7, 11) is 1.31. The molecule has 0 radical (unpaired) electrons. The molecule has 0 spiro atoms. The van der Waals surface area contributed by atoms with E-state index in [0.29, 0.717) is 51.0 Å². The predicted molar refractivity (Wildman–Crippen MR) is 205 cm³/mol. The number of ether oxygens (including phenoxy) is 2. The van der Waals surface area contributed by atoms with Crippen molar-refractivity contribution in [1.29, 1.82) is 0 Å². The number of carbonyl (C=O) groups is 3. The Kier molecular flexibility index (Phi) is 12.6. The van der Waals surface area contributed by atoms with Crippen LogP contribution in [0.2, 0.25) is 0 Å². The summed E-state index contributed by atoms with van der Waals surface area (Å²) in [5.41, 5.74) is -0.912. The zero-order chi connectivity index (χ0) is 42.9. The number of amides is 3. The lowest BCUT2D eigenvalue weighted by molar-refractivity contribution is -0.144. The van der Waals surface area contributed by atoms with Crippen molar-refractivity contribution >= 4 is 23.4 Å². The number of allylic oxidation sites excluding steroid dienone is 1. The first-order valence-corrected chi connectivity index (χ1v) is 20.1. The number of hydrogen-bond donors (Lipinski definition) is 3. The van der Waals surface area contributed by atoms with Crippen LogP contribution < -0.4 is 20.7 Å². The lowest BCUT2D eigenvalue weighted by Crippen LogP contribution is -2.48. The average molecular weight is 848 g/mol. The van der Waals surface area contributed by atoms with E-state index >= 15 is 4.39 Å². The molecule has 2 bridgehead atoms. The van der Waals surface area contributed by atoms with E-state index in [4.69, 9.17) is 9.47 Å². The number of anilines is 1. The number of carbonyl (C=O) groups excluding carboxylic acids is 3. The van der Waals surface area contributed by atoms with E-state index in [0.717, 1.165) is 43.4 Å². The molecule has 3 unspecified atom stereocenters. The molecule has 4 aliphatic rings. The highest BCUT2D eigenvalue weighted by Crippen LogP contribution is 2.54. The second-order valence-corrected chi connectivity index (χ2v) is 16.1. The lowest BCUT2D eigenvalue weighted by atomic mass is 9.83. The molecule has 3 amide bonds. The maximum atomic E-state index is 15.6. The Hall–Kier alpha value is -4.99. The minimum absolute atomic E-state index is 0.00752. The Morgan fingerprint density at radius 2 is 1.53 bits per heavy atom. The first-order valence-electron chi connectivity index (χ1n) is 20.1. The van der Waals surface area contributed by atoms with E-state index in [1.807, 2.05) is 0 Å². The van der Waals surface area contributed by atoms with Crippen molar-refractivity contribution in [2.24, 2.45) is 29.6 Å². The van der Waals surface area contributed by atoms with Crippen LogP contribution >= 0.6 is 0 Å². The number of halogens is 8. The van der Waals surface area contributed by atoms with E-state index in [2.05, 4.69) is 22.0 Å². The molecular formula is C44H45F8N3O5. The lowest BCUT2D eigenvalue weighted by Gasteiger charge is -2.30. The molecule has 1 saturated heterocycles. The number of fused-ring (bicyclic) bond motifs is 2. The monoisotopic (exact) mass is 847 g/mol. The molecule has 3 N–H and O–H groups in total. The van der Waals surface area contributed by atoms with Gasteiger partial charge in [-0.1, -0.05) is 36.6 Å². The Labute approximate surface area is 341 Å². The Balaban J connectivity index is 1.18. The molecule has 3 saturated carbocycles. The van der Waals surface area contributed by atoms with Crippen LogP contribution in [-0.4, -0.2) is 50.3 Å². The van der Waals surface area contributed by atoms with Gasteiger partial charge in [0.25, 0.3) is 5.91 Å². The minimum Gasteiger partial charge on any atom is -0.496 e. The van der Waals surface area contributed by atoms with Gasteiger partial charge >= 0.3 is 12.4 Å². The largest absolute Gasteiger partial charge is 0.496 e. The van der Waals surface area contributed by atoms with Gasteiger partial charge in [0.05, 0.1) is 36.6 Å². The maximum absolute atomic E-state index is 15.6. The van der Waals surface area contributed by atoms with E-state index in [-0.39, 0.29) is 51.4 Å². The summed E-state index contributed by atoms with van der Waals surface area (Å²) < 4.78 is 123. The summed E-state index contributed by atoms with van der Waals surface area (Å²) in [5, 5.41) is 8.01. The van der Waals surface area contributed by atoms with Crippen molar-refractivity contribution in [3.63, 3.8) is 0 Å². The van der Waals surface area contributed by atoms with Crippen molar-refractivity contribution in [3.8, 4) is 16.9 Å². The Bertz CT molecular complexity index is 2130. The predicted octanol–water partition coefficient (Wildman–Crippen LogP) is 9.71. The second kappa shape index (κ2) is 17.5. The molecule has 3 aromatic rings. The van der Waals surface area contributed by atoms with Crippen molar-refractivity contribution in [2.75, 3.05) is 25.6 Å². The fourth-order valence-corrected chi connectivity index (χ4v) is 9.46. The number of rotatable bonds is 11.